The molecule has 4 aromatic rings. The van der Waals surface area contributed by atoms with Crippen LogP contribution in [-0.2, 0) is 35.7 Å². The number of hydrogen-bond acceptors (Lipinski definition) is 5. The van der Waals surface area contributed by atoms with Crippen molar-refractivity contribution in [3.05, 3.63) is 81.6 Å². The molecule has 292 valence electrons. The van der Waals surface area contributed by atoms with Crippen LogP contribution >= 0.6 is 0 Å². The number of carbonyl (C=O) groups is 2. The Kier molecular flexibility index (Phi) is 11.2. The summed E-state index contributed by atoms with van der Waals surface area (Å²) >= 11 is 0. The maximum Gasteiger partial charge on any atom is 0.417 e. The molecule has 0 bridgehead atoms. The van der Waals surface area contributed by atoms with Gasteiger partial charge in [-0.05, 0) is 86.0 Å². The average Bonchev–Trinajstić information content (AvgIpc) is 3.06. The Morgan fingerprint density at radius 2 is 1.54 bits per heavy atom. The van der Waals surface area contributed by atoms with E-state index in [-0.39, 0.29) is 32.8 Å². The van der Waals surface area contributed by atoms with E-state index in [9.17, 15) is 45.8 Å². The molecule has 1 fully saturated rings. The van der Waals surface area contributed by atoms with E-state index in [1.165, 1.54) is 55.6 Å². The molecule has 54 heavy (non-hydrogen) atoms. The van der Waals surface area contributed by atoms with Crippen LogP contribution < -0.4 is 10.9 Å². The average molecular weight is 773 g/mol. The molecular formula is C37H37F9N4O4. The Bertz CT molecular complexity index is 2120. The van der Waals surface area contributed by atoms with E-state index in [0.717, 1.165) is 9.47 Å². The zero-order chi connectivity index (χ0) is 40.0. The molecule has 0 radical (unpaired) electrons. The van der Waals surface area contributed by atoms with E-state index >= 15 is 13.2 Å². The van der Waals surface area contributed by atoms with Gasteiger partial charge in [-0.1, -0.05) is 42.5 Å². The Labute approximate surface area is 303 Å². The first kappa shape index (κ1) is 40.5. The number of aryl methyl sites for hydroxylation is 1. The number of aromatic nitrogens is 1. The molecule has 1 aliphatic heterocycles. The number of carboxylic acid groups (broad SMARTS) is 1. The number of alkyl halides is 9. The molecule has 1 aliphatic rings. The zero-order valence-electron chi connectivity index (χ0n) is 29.3. The molecule has 3 aromatic carbocycles. The van der Waals surface area contributed by atoms with Crippen LogP contribution in [0.5, 0.6) is 0 Å². The summed E-state index contributed by atoms with van der Waals surface area (Å²) in [6.07, 6.45) is -17.2. The van der Waals surface area contributed by atoms with Crippen LogP contribution in [0.15, 0.2) is 59.4 Å². The summed E-state index contributed by atoms with van der Waals surface area (Å²) in [5.41, 5.74) is -5.29. The lowest BCUT2D eigenvalue weighted by atomic mass is 9.76. The van der Waals surface area contributed by atoms with Crippen molar-refractivity contribution in [3.63, 3.8) is 0 Å². The predicted octanol–water partition coefficient (Wildman–Crippen LogP) is 6.80. The second kappa shape index (κ2) is 14.9. The van der Waals surface area contributed by atoms with Gasteiger partial charge in [0.25, 0.3) is 5.56 Å². The van der Waals surface area contributed by atoms with Gasteiger partial charge < -0.3 is 19.9 Å². The zero-order valence-corrected chi connectivity index (χ0v) is 29.3. The number of nitrogens with one attached hydrogen (secondary N) is 1. The highest BCUT2D eigenvalue weighted by Crippen LogP contribution is 2.47. The minimum Gasteiger partial charge on any atom is -0.480 e. The number of piperidine rings is 1. The van der Waals surface area contributed by atoms with Gasteiger partial charge in [-0.3, -0.25) is 14.5 Å². The van der Waals surface area contributed by atoms with Crippen molar-refractivity contribution in [2.75, 3.05) is 40.3 Å². The topological polar surface area (TPSA) is 94.9 Å². The molecule has 1 atom stereocenters. The third-order valence-electron chi connectivity index (χ3n) is 9.99. The van der Waals surface area contributed by atoms with Crippen molar-refractivity contribution in [2.45, 2.75) is 50.3 Å². The fourth-order valence-electron chi connectivity index (χ4n) is 7.12. The normalized spacial score (nSPS) is 16.2. The summed E-state index contributed by atoms with van der Waals surface area (Å²) < 4.78 is 128. The molecule has 0 aliphatic carbocycles. The molecule has 0 spiro atoms. The molecule has 2 N–H and O–H groups in total. The number of carboxylic acids is 1. The lowest BCUT2D eigenvalue weighted by Crippen LogP contribution is -2.59. The Hall–Kier alpha value is -4.64. The maximum absolute atomic E-state index is 15.1. The number of pyridine rings is 1. The predicted molar refractivity (Wildman–Crippen MR) is 183 cm³/mol. The van der Waals surface area contributed by atoms with Crippen molar-refractivity contribution in [1.29, 1.82) is 0 Å². The largest absolute Gasteiger partial charge is 0.480 e. The fourth-order valence-corrected chi connectivity index (χ4v) is 7.12. The Morgan fingerprint density at radius 3 is 2.11 bits per heavy atom. The molecule has 1 aromatic heterocycles. The fraction of sp³-hybridized carbons (Fsp3) is 0.432. The number of aliphatic carboxylic acids is 1. The molecule has 5 rings (SSSR count). The molecule has 17 heteroatoms. The molecule has 8 nitrogen and oxygen atoms in total. The van der Waals surface area contributed by atoms with Gasteiger partial charge >= 0.3 is 24.5 Å². The van der Waals surface area contributed by atoms with Crippen LogP contribution in [0, 0.1) is 5.41 Å². The van der Waals surface area contributed by atoms with Gasteiger partial charge in [-0.2, -0.15) is 39.5 Å². The Morgan fingerprint density at radius 1 is 0.907 bits per heavy atom. The molecule has 1 saturated heterocycles. The molecule has 0 saturated carbocycles. The van der Waals surface area contributed by atoms with E-state index < -0.39 is 97.4 Å². The van der Waals surface area contributed by atoms with Crippen LogP contribution in [0.4, 0.5) is 39.5 Å². The smallest absolute Gasteiger partial charge is 0.417 e. The van der Waals surface area contributed by atoms with Crippen molar-refractivity contribution in [3.8, 4) is 11.1 Å². The minimum absolute atomic E-state index is 0.0494. The molecule has 0 unspecified atom stereocenters. The van der Waals surface area contributed by atoms with Crippen LogP contribution in [-0.4, -0.2) is 90.0 Å². The highest BCUT2D eigenvalue weighted by molar-refractivity contribution is 6.02. The number of hydrogen-bond donors (Lipinski definition) is 2. The van der Waals surface area contributed by atoms with Crippen molar-refractivity contribution in [1.82, 2.24) is 19.7 Å². The second-order valence-corrected chi connectivity index (χ2v) is 13.9. The van der Waals surface area contributed by atoms with Gasteiger partial charge in [0.1, 0.15) is 11.5 Å². The third kappa shape index (κ3) is 8.21. The number of benzene rings is 3. The first-order valence-corrected chi connectivity index (χ1v) is 16.8. The highest BCUT2D eigenvalue weighted by atomic mass is 19.4. The number of fused-ring (bicyclic) bond motifs is 2. The van der Waals surface area contributed by atoms with Gasteiger partial charge in [-0.25, -0.2) is 4.79 Å². The number of rotatable bonds is 10. The van der Waals surface area contributed by atoms with E-state index in [1.54, 1.807) is 6.07 Å². The highest BCUT2D eigenvalue weighted by Gasteiger charge is 2.61. The van der Waals surface area contributed by atoms with E-state index in [2.05, 4.69) is 0 Å². The van der Waals surface area contributed by atoms with Gasteiger partial charge in [0.15, 0.2) is 0 Å². The quantitative estimate of drug-likeness (QED) is 0.172. The lowest BCUT2D eigenvalue weighted by Gasteiger charge is -2.42. The van der Waals surface area contributed by atoms with Gasteiger partial charge in [-0.15, -0.1) is 0 Å². The lowest BCUT2D eigenvalue weighted by molar-refractivity contribution is -0.236. The summed E-state index contributed by atoms with van der Waals surface area (Å²) in [6.45, 7) is -2.37. The first-order valence-electron chi connectivity index (χ1n) is 16.8. The number of amides is 1. The van der Waals surface area contributed by atoms with Crippen molar-refractivity contribution >= 4 is 33.6 Å². The number of likely N-dealkylation sites (N-methyl/N-ethyl adjacent to an activating group) is 1. The Balaban J connectivity index is 1.56. The van der Waals surface area contributed by atoms with Gasteiger partial charge in [0.2, 0.25) is 5.91 Å². The van der Waals surface area contributed by atoms with E-state index in [1.807, 2.05) is 24.3 Å². The second-order valence-electron chi connectivity index (χ2n) is 13.9. The summed E-state index contributed by atoms with van der Waals surface area (Å²) in [6, 6.07) is 10.9. The summed E-state index contributed by atoms with van der Waals surface area (Å²) in [5.74, 6) is -3.44. The van der Waals surface area contributed by atoms with Crippen molar-refractivity contribution in [2.24, 2.45) is 12.5 Å². The summed E-state index contributed by atoms with van der Waals surface area (Å²) in [4.78, 5) is 42.1. The van der Waals surface area contributed by atoms with Crippen LogP contribution in [0.3, 0.4) is 0 Å². The SMILES string of the molecule is CN(C)CCc1ccc2c(c1)c(C(F)(F)F)c(-c1cccc3c(C[C@H](NC(=O)C4(C(F)(F)F)CCN(CC(F)(F)F)CC4)C(=O)O)cccc13)c(=O)n2C. The third-order valence-corrected chi connectivity index (χ3v) is 9.99. The van der Waals surface area contributed by atoms with Gasteiger partial charge in [0, 0.05) is 25.4 Å². The van der Waals surface area contributed by atoms with Crippen molar-refractivity contribution < 1.29 is 54.2 Å². The molecular weight excluding hydrogens is 735 g/mol. The van der Waals surface area contributed by atoms with Crippen LogP contribution in [0.1, 0.15) is 29.5 Å². The number of carbonyl (C=O) groups excluding carboxylic acids is 1. The minimum atomic E-state index is -5.23. The number of halogens is 9. The monoisotopic (exact) mass is 772 g/mol. The van der Waals surface area contributed by atoms with Crippen LogP contribution in [0.25, 0.3) is 32.8 Å². The van der Waals surface area contributed by atoms with Crippen LogP contribution in [0.2, 0.25) is 0 Å². The molecule has 1 amide bonds. The summed E-state index contributed by atoms with van der Waals surface area (Å²) in [5, 5.41) is 12.0. The number of likely N-dealkylation sites (tertiary alicyclic amines) is 1. The maximum atomic E-state index is 15.1. The van der Waals surface area contributed by atoms with Gasteiger partial charge in [0.05, 0.1) is 23.2 Å². The standard InChI is InChI=1S/C37H37F9N4O4/c1-48(2)15-12-21-10-11-28-26(18-21)30(36(41,42)43)29(31(51)49(28)3)25-9-5-7-23-22(6-4-8-24(23)25)19-27(32(52)53)47-33(54)34(37(44,45)46)13-16-50(17-14-34)20-35(38,39)40/h4-11,18,27H,12-17,19-20H2,1-3H3,(H,47,54)(H,52,53)/t27-/m0/s1. The number of nitrogens with zero attached hydrogens (tertiary/aromatic N) is 3. The summed E-state index contributed by atoms with van der Waals surface area (Å²) in [7, 11) is 4.98. The van der Waals surface area contributed by atoms with E-state index in [0.29, 0.717) is 18.5 Å². The molecule has 2 heterocycles. The first-order chi connectivity index (χ1) is 25.0. The van der Waals surface area contributed by atoms with E-state index in [4.69, 9.17) is 0 Å².